The van der Waals surface area contributed by atoms with Crippen LogP contribution in [0.25, 0.3) is 0 Å². The van der Waals surface area contributed by atoms with Crippen molar-refractivity contribution in [2.75, 3.05) is 36.0 Å². The Hall–Kier alpha value is -2.66. The van der Waals surface area contributed by atoms with Crippen LogP contribution in [0.15, 0.2) is 53.0 Å². The van der Waals surface area contributed by atoms with Gasteiger partial charge >= 0.3 is 0 Å². The van der Waals surface area contributed by atoms with Crippen molar-refractivity contribution in [2.24, 2.45) is 11.7 Å². The average molecular weight is 540 g/mol. The summed E-state index contributed by atoms with van der Waals surface area (Å²) in [4.78, 5) is 23.2. The van der Waals surface area contributed by atoms with Crippen molar-refractivity contribution in [3.63, 3.8) is 0 Å². The van der Waals surface area contributed by atoms with Gasteiger partial charge in [0.05, 0.1) is 35.3 Å². The van der Waals surface area contributed by atoms with E-state index in [2.05, 4.69) is 29.7 Å². The Labute approximate surface area is 225 Å². The summed E-state index contributed by atoms with van der Waals surface area (Å²) in [5.74, 6) is 2.58. The Balaban J connectivity index is 1.09. The number of hydrogen-bond donors (Lipinski definition) is 2. The van der Waals surface area contributed by atoms with E-state index in [1.54, 1.807) is 24.8 Å². The van der Waals surface area contributed by atoms with Gasteiger partial charge in [-0.3, -0.25) is 4.98 Å². The fraction of sp³-hybridized carbons (Fsp3) is 0.462. The number of ether oxygens (including phenoxy) is 1. The predicted molar refractivity (Wildman–Crippen MR) is 143 cm³/mol. The molecule has 0 bridgehead atoms. The molecule has 1 spiro atoms. The standard InChI is InChI=1S/C26H30ClN7O2S/c1-25(2,35)16-14-34(15-16)24-22(27)19(4-8-30-24)37-21-13-31-20(12-32-21)33-9-5-26(6-10-33)23(28)17-3-7-29-11-18(17)36-26/h3-4,7-8,11-13,16,23,35H,5-6,9-10,14-15,28H2,1-2H3/t23-/m1/s1. The van der Waals surface area contributed by atoms with Crippen LogP contribution in [0.4, 0.5) is 11.6 Å². The normalized spacial score (nSPS) is 21.1. The molecule has 0 radical (unpaired) electrons. The number of rotatable bonds is 5. The lowest BCUT2D eigenvalue weighted by atomic mass is 9.83. The van der Waals surface area contributed by atoms with Gasteiger partial charge in [-0.2, -0.15) is 0 Å². The molecular formula is C26H30ClN7O2S. The Bertz CT molecular complexity index is 1290. The summed E-state index contributed by atoms with van der Waals surface area (Å²) in [6.45, 7) is 6.72. The van der Waals surface area contributed by atoms with Gasteiger partial charge in [0.1, 0.15) is 28.0 Å². The Morgan fingerprint density at radius 3 is 2.54 bits per heavy atom. The van der Waals surface area contributed by atoms with E-state index in [-0.39, 0.29) is 17.6 Å². The maximum Gasteiger partial charge on any atom is 0.148 e. The topological polar surface area (TPSA) is 114 Å². The minimum Gasteiger partial charge on any atom is -0.483 e. The largest absolute Gasteiger partial charge is 0.483 e. The molecular weight excluding hydrogens is 510 g/mol. The van der Waals surface area contributed by atoms with Crippen LogP contribution in [0.1, 0.15) is 38.3 Å². The molecule has 3 N–H and O–H groups in total. The van der Waals surface area contributed by atoms with E-state index in [1.807, 2.05) is 32.2 Å². The highest BCUT2D eigenvalue weighted by atomic mass is 35.5. The molecule has 2 saturated heterocycles. The van der Waals surface area contributed by atoms with E-state index in [4.69, 9.17) is 22.1 Å². The zero-order chi connectivity index (χ0) is 25.8. The number of halogens is 1. The fourth-order valence-electron chi connectivity index (χ4n) is 5.28. The molecule has 0 aliphatic carbocycles. The number of anilines is 2. The molecule has 0 amide bonds. The molecule has 37 heavy (non-hydrogen) atoms. The summed E-state index contributed by atoms with van der Waals surface area (Å²) in [5, 5.41) is 11.6. The molecule has 3 aliphatic heterocycles. The molecule has 2 fully saturated rings. The van der Waals surface area contributed by atoms with Crippen LogP contribution in [0.2, 0.25) is 5.02 Å². The van der Waals surface area contributed by atoms with E-state index in [0.29, 0.717) is 5.02 Å². The van der Waals surface area contributed by atoms with Gasteiger partial charge in [-0.25, -0.2) is 15.0 Å². The highest BCUT2D eigenvalue weighted by molar-refractivity contribution is 7.99. The van der Waals surface area contributed by atoms with Gasteiger partial charge in [-0.05, 0) is 26.0 Å². The van der Waals surface area contributed by atoms with Crippen molar-refractivity contribution in [3.05, 3.63) is 53.7 Å². The summed E-state index contributed by atoms with van der Waals surface area (Å²) >= 11 is 8.18. The van der Waals surface area contributed by atoms with Crippen LogP contribution in [-0.4, -0.2) is 62.4 Å². The molecule has 3 aromatic heterocycles. The average Bonchev–Trinajstić information content (AvgIpc) is 3.12. The lowest BCUT2D eigenvalue weighted by Crippen LogP contribution is -2.56. The number of aromatic nitrogens is 4. The van der Waals surface area contributed by atoms with Crippen LogP contribution in [0, 0.1) is 5.92 Å². The van der Waals surface area contributed by atoms with E-state index in [0.717, 1.165) is 71.9 Å². The monoisotopic (exact) mass is 539 g/mol. The van der Waals surface area contributed by atoms with E-state index >= 15 is 0 Å². The highest BCUT2D eigenvalue weighted by Gasteiger charge is 2.48. The van der Waals surface area contributed by atoms with Crippen molar-refractivity contribution in [3.8, 4) is 5.75 Å². The third-order valence-corrected chi connectivity index (χ3v) is 9.27. The summed E-state index contributed by atoms with van der Waals surface area (Å²) in [6.07, 6.45) is 10.5. The van der Waals surface area contributed by atoms with Crippen molar-refractivity contribution in [1.82, 2.24) is 19.9 Å². The maximum absolute atomic E-state index is 10.2. The van der Waals surface area contributed by atoms with E-state index < -0.39 is 5.60 Å². The Kier molecular flexibility index (Phi) is 6.18. The maximum atomic E-state index is 10.2. The number of hydrogen-bond acceptors (Lipinski definition) is 10. The number of nitrogens with two attached hydrogens (primary N) is 1. The van der Waals surface area contributed by atoms with Crippen LogP contribution in [-0.2, 0) is 0 Å². The van der Waals surface area contributed by atoms with Crippen molar-refractivity contribution < 1.29 is 9.84 Å². The third kappa shape index (κ3) is 4.50. The first-order valence-electron chi connectivity index (χ1n) is 12.5. The van der Waals surface area contributed by atoms with Crippen molar-refractivity contribution >= 4 is 35.0 Å². The van der Waals surface area contributed by atoms with Gasteiger partial charge in [0, 0.05) is 67.8 Å². The smallest absolute Gasteiger partial charge is 0.148 e. The minimum atomic E-state index is -0.708. The van der Waals surface area contributed by atoms with Crippen molar-refractivity contribution in [1.29, 1.82) is 0 Å². The number of piperidine rings is 1. The molecule has 3 aromatic rings. The molecule has 6 heterocycles. The van der Waals surface area contributed by atoms with Crippen LogP contribution >= 0.6 is 23.4 Å². The third-order valence-electron chi connectivity index (χ3n) is 7.81. The lowest BCUT2D eigenvalue weighted by molar-refractivity contribution is 0.00438. The van der Waals surface area contributed by atoms with Gasteiger partial charge < -0.3 is 25.4 Å². The van der Waals surface area contributed by atoms with Crippen molar-refractivity contribution in [2.45, 2.75) is 53.9 Å². The molecule has 11 heteroatoms. The number of aliphatic hydroxyl groups is 1. The Morgan fingerprint density at radius 2 is 1.86 bits per heavy atom. The molecule has 1 atom stereocenters. The summed E-state index contributed by atoms with van der Waals surface area (Å²) in [6, 6.07) is 3.70. The summed E-state index contributed by atoms with van der Waals surface area (Å²) < 4.78 is 6.30. The summed E-state index contributed by atoms with van der Waals surface area (Å²) in [5.41, 5.74) is 6.52. The molecule has 0 unspecified atom stereocenters. The SMILES string of the molecule is CC(C)(O)C1CN(c2nccc(Sc3cnc(N4CCC5(CC4)Oc4cnccc4[C@H]5N)cn3)c2Cl)C1. The van der Waals surface area contributed by atoms with Gasteiger partial charge in [0.2, 0.25) is 0 Å². The second kappa shape index (κ2) is 9.27. The minimum absolute atomic E-state index is 0.148. The van der Waals surface area contributed by atoms with Gasteiger partial charge in [-0.1, -0.05) is 23.4 Å². The first-order chi connectivity index (χ1) is 17.7. The molecule has 194 valence electrons. The van der Waals surface area contributed by atoms with Crippen LogP contribution in [0.5, 0.6) is 5.75 Å². The van der Waals surface area contributed by atoms with Gasteiger partial charge in [-0.15, -0.1) is 0 Å². The summed E-state index contributed by atoms with van der Waals surface area (Å²) in [7, 11) is 0. The lowest BCUT2D eigenvalue weighted by Gasteiger charge is -2.46. The molecule has 6 rings (SSSR count). The first-order valence-corrected chi connectivity index (χ1v) is 13.7. The Morgan fingerprint density at radius 1 is 1.08 bits per heavy atom. The number of nitrogens with zero attached hydrogens (tertiary/aromatic N) is 6. The zero-order valence-corrected chi connectivity index (χ0v) is 22.4. The van der Waals surface area contributed by atoms with Gasteiger partial charge in [0.15, 0.2) is 0 Å². The van der Waals surface area contributed by atoms with E-state index in [9.17, 15) is 5.11 Å². The molecule has 3 aliphatic rings. The van der Waals surface area contributed by atoms with Crippen LogP contribution in [0.3, 0.4) is 0 Å². The highest BCUT2D eigenvalue weighted by Crippen LogP contribution is 2.47. The quantitative estimate of drug-likeness (QED) is 0.497. The second-order valence-electron chi connectivity index (χ2n) is 10.6. The second-order valence-corrected chi connectivity index (χ2v) is 12.0. The van der Waals surface area contributed by atoms with Crippen LogP contribution < -0.4 is 20.3 Å². The fourth-order valence-corrected chi connectivity index (χ4v) is 6.37. The molecule has 0 saturated carbocycles. The van der Waals surface area contributed by atoms with Gasteiger partial charge in [0.25, 0.3) is 0 Å². The number of pyridine rings is 2. The molecule has 0 aromatic carbocycles. The predicted octanol–water partition coefficient (Wildman–Crippen LogP) is 3.71. The zero-order valence-electron chi connectivity index (χ0n) is 20.8. The molecule has 9 nitrogen and oxygen atoms in total. The van der Waals surface area contributed by atoms with E-state index in [1.165, 1.54) is 11.8 Å². The first kappa shape index (κ1) is 24.7. The number of fused-ring (bicyclic) bond motifs is 1.